The van der Waals surface area contributed by atoms with Gasteiger partial charge >= 0.3 is 0 Å². The fourth-order valence-corrected chi connectivity index (χ4v) is 1.59. The number of nitrogen functional groups attached to an aromatic ring is 1. The van der Waals surface area contributed by atoms with Crippen molar-refractivity contribution in [1.29, 1.82) is 0 Å². The highest BCUT2D eigenvalue weighted by Crippen LogP contribution is 2.19. The van der Waals surface area contributed by atoms with E-state index in [0.29, 0.717) is 6.04 Å². The van der Waals surface area contributed by atoms with E-state index in [1.807, 2.05) is 6.92 Å². The Hall–Kier alpha value is -1.36. The highest BCUT2D eigenvalue weighted by molar-refractivity contribution is 5.48. The van der Waals surface area contributed by atoms with Crippen LogP contribution in [0.3, 0.4) is 0 Å². The summed E-state index contributed by atoms with van der Waals surface area (Å²) in [7, 11) is 0. The van der Waals surface area contributed by atoms with Gasteiger partial charge in [-0.2, -0.15) is 4.98 Å². The second-order valence-corrected chi connectivity index (χ2v) is 4.10. The summed E-state index contributed by atoms with van der Waals surface area (Å²) in [6.45, 7) is 7.10. The van der Waals surface area contributed by atoms with Crippen molar-refractivity contribution >= 4 is 11.8 Å². The molecule has 90 valence electrons. The highest BCUT2D eigenvalue weighted by Gasteiger charge is 2.14. The minimum absolute atomic E-state index is 0.183. The van der Waals surface area contributed by atoms with Crippen LogP contribution in [0.25, 0.3) is 0 Å². The lowest BCUT2D eigenvalue weighted by molar-refractivity contribution is 0.288. The number of aliphatic hydroxyl groups excluding tert-OH is 1. The van der Waals surface area contributed by atoms with Crippen LogP contribution in [0, 0.1) is 6.92 Å². The molecule has 0 amide bonds. The zero-order valence-corrected chi connectivity index (χ0v) is 10.1. The molecule has 0 fully saturated rings. The van der Waals surface area contributed by atoms with E-state index in [1.165, 1.54) is 0 Å². The van der Waals surface area contributed by atoms with Gasteiger partial charge in [-0.25, -0.2) is 4.98 Å². The van der Waals surface area contributed by atoms with E-state index in [1.54, 1.807) is 6.20 Å². The first kappa shape index (κ1) is 12.7. The lowest BCUT2D eigenvalue weighted by atomic mass is 10.2. The Kier molecular flexibility index (Phi) is 4.49. The quantitative estimate of drug-likeness (QED) is 0.779. The Morgan fingerprint density at radius 1 is 1.50 bits per heavy atom. The molecule has 0 radical (unpaired) electrons. The lowest BCUT2D eigenvalue weighted by Crippen LogP contribution is -2.33. The Morgan fingerprint density at radius 2 is 2.19 bits per heavy atom. The molecule has 3 N–H and O–H groups in total. The van der Waals surface area contributed by atoms with E-state index in [2.05, 4.69) is 28.7 Å². The number of hydrogen-bond donors (Lipinski definition) is 2. The van der Waals surface area contributed by atoms with Gasteiger partial charge in [-0.15, -0.1) is 0 Å². The lowest BCUT2D eigenvalue weighted by Gasteiger charge is -2.28. The van der Waals surface area contributed by atoms with E-state index in [4.69, 9.17) is 10.8 Å². The second-order valence-electron chi connectivity index (χ2n) is 4.10. The molecular formula is C11H20N4O. The Bertz CT molecular complexity index is 341. The molecule has 1 rings (SSSR count). The van der Waals surface area contributed by atoms with Crippen molar-refractivity contribution in [2.75, 3.05) is 23.8 Å². The van der Waals surface area contributed by atoms with E-state index in [9.17, 15) is 0 Å². The summed E-state index contributed by atoms with van der Waals surface area (Å²) < 4.78 is 0. The molecular weight excluding hydrogens is 204 g/mol. The standard InChI is InChI=1S/C11H20N4O/c1-8(2)15(5-4-6-16)10-9(3)7-13-11(12)14-10/h7-8,16H,4-6H2,1-3H3,(H2,12,13,14). The summed E-state index contributed by atoms with van der Waals surface area (Å²) in [6, 6.07) is 0.319. The number of hydrogen-bond acceptors (Lipinski definition) is 5. The molecule has 1 aromatic heterocycles. The maximum atomic E-state index is 8.88. The van der Waals surface area contributed by atoms with Gasteiger partial charge in [0.15, 0.2) is 0 Å². The van der Waals surface area contributed by atoms with Crippen molar-refractivity contribution in [3.05, 3.63) is 11.8 Å². The Labute approximate surface area is 96.3 Å². The van der Waals surface area contributed by atoms with Gasteiger partial charge in [0, 0.05) is 31.0 Å². The van der Waals surface area contributed by atoms with Gasteiger partial charge in [0.1, 0.15) is 5.82 Å². The molecule has 0 aliphatic carbocycles. The summed E-state index contributed by atoms with van der Waals surface area (Å²) >= 11 is 0. The number of aromatic nitrogens is 2. The molecule has 16 heavy (non-hydrogen) atoms. The summed E-state index contributed by atoms with van der Waals surface area (Å²) in [5, 5.41) is 8.88. The topological polar surface area (TPSA) is 75.3 Å². The molecule has 0 aliphatic heterocycles. The minimum Gasteiger partial charge on any atom is -0.396 e. The van der Waals surface area contributed by atoms with Crippen LogP contribution in [0.4, 0.5) is 11.8 Å². The van der Waals surface area contributed by atoms with Crippen molar-refractivity contribution < 1.29 is 5.11 Å². The number of aryl methyl sites for hydroxylation is 1. The third kappa shape index (κ3) is 3.06. The maximum Gasteiger partial charge on any atom is 0.221 e. The molecule has 0 aliphatic rings. The fourth-order valence-electron chi connectivity index (χ4n) is 1.59. The first-order valence-corrected chi connectivity index (χ1v) is 5.53. The fraction of sp³-hybridized carbons (Fsp3) is 0.636. The Morgan fingerprint density at radius 3 is 2.75 bits per heavy atom. The van der Waals surface area contributed by atoms with Crippen LogP contribution in [-0.4, -0.2) is 34.3 Å². The van der Waals surface area contributed by atoms with Gasteiger partial charge in [0.2, 0.25) is 5.95 Å². The average molecular weight is 224 g/mol. The summed E-state index contributed by atoms with van der Waals surface area (Å²) in [4.78, 5) is 10.3. The van der Waals surface area contributed by atoms with Gasteiger partial charge in [-0.05, 0) is 27.2 Å². The second kappa shape index (κ2) is 5.65. The van der Waals surface area contributed by atoms with E-state index < -0.39 is 0 Å². The summed E-state index contributed by atoms with van der Waals surface area (Å²) in [6.07, 6.45) is 2.45. The summed E-state index contributed by atoms with van der Waals surface area (Å²) in [5.41, 5.74) is 6.60. The van der Waals surface area contributed by atoms with Gasteiger partial charge in [0.05, 0.1) is 0 Å². The van der Waals surface area contributed by atoms with Crippen LogP contribution < -0.4 is 10.6 Å². The summed E-state index contributed by atoms with van der Waals surface area (Å²) in [5.74, 6) is 1.14. The molecule has 0 saturated heterocycles. The molecule has 1 heterocycles. The highest BCUT2D eigenvalue weighted by atomic mass is 16.3. The van der Waals surface area contributed by atoms with Crippen LogP contribution >= 0.6 is 0 Å². The molecule has 0 aromatic carbocycles. The van der Waals surface area contributed by atoms with Gasteiger partial charge < -0.3 is 15.7 Å². The predicted molar refractivity (Wildman–Crippen MR) is 65.4 cm³/mol. The molecule has 0 saturated carbocycles. The molecule has 0 bridgehead atoms. The predicted octanol–water partition coefficient (Wildman–Crippen LogP) is 0.964. The Balaban J connectivity index is 2.95. The van der Waals surface area contributed by atoms with Gasteiger partial charge in [-0.1, -0.05) is 0 Å². The van der Waals surface area contributed by atoms with Crippen molar-refractivity contribution in [2.45, 2.75) is 33.2 Å². The first-order valence-electron chi connectivity index (χ1n) is 5.53. The number of anilines is 2. The normalized spacial score (nSPS) is 10.8. The maximum absolute atomic E-state index is 8.88. The number of aliphatic hydroxyl groups is 1. The van der Waals surface area contributed by atoms with Crippen molar-refractivity contribution in [3.8, 4) is 0 Å². The van der Waals surface area contributed by atoms with Crippen LogP contribution in [0.2, 0.25) is 0 Å². The monoisotopic (exact) mass is 224 g/mol. The average Bonchev–Trinajstić information content (AvgIpc) is 2.23. The van der Waals surface area contributed by atoms with E-state index in [0.717, 1.165) is 24.3 Å². The zero-order chi connectivity index (χ0) is 12.1. The third-order valence-electron chi connectivity index (χ3n) is 2.42. The molecule has 0 spiro atoms. The first-order chi connectivity index (χ1) is 7.56. The molecule has 5 heteroatoms. The molecule has 0 atom stereocenters. The largest absolute Gasteiger partial charge is 0.396 e. The van der Waals surface area contributed by atoms with Crippen LogP contribution in [0.5, 0.6) is 0 Å². The molecule has 5 nitrogen and oxygen atoms in total. The SMILES string of the molecule is Cc1cnc(N)nc1N(CCCO)C(C)C. The molecule has 1 aromatic rings. The minimum atomic E-state index is 0.183. The van der Waals surface area contributed by atoms with Crippen LogP contribution in [0.15, 0.2) is 6.20 Å². The van der Waals surface area contributed by atoms with Gasteiger partial charge in [-0.3, -0.25) is 0 Å². The number of nitrogens with zero attached hydrogens (tertiary/aromatic N) is 3. The van der Waals surface area contributed by atoms with Crippen molar-refractivity contribution in [1.82, 2.24) is 9.97 Å². The van der Waals surface area contributed by atoms with Crippen molar-refractivity contribution in [2.24, 2.45) is 0 Å². The van der Waals surface area contributed by atoms with Crippen molar-refractivity contribution in [3.63, 3.8) is 0 Å². The smallest absolute Gasteiger partial charge is 0.221 e. The molecule has 0 unspecified atom stereocenters. The third-order valence-corrected chi connectivity index (χ3v) is 2.42. The van der Waals surface area contributed by atoms with Crippen LogP contribution in [0.1, 0.15) is 25.8 Å². The number of nitrogens with two attached hydrogens (primary N) is 1. The number of rotatable bonds is 5. The zero-order valence-electron chi connectivity index (χ0n) is 10.1. The van der Waals surface area contributed by atoms with E-state index in [-0.39, 0.29) is 12.6 Å². The van der Waals surface area contributed by atoms with Gasteiger partial charge in [0.25, 0.3) is 0 Å². The van der Waals surface area contributed by atoms with Crippen LogP contribution in [-0.2, 0) is 0 Å². The van der Waals surface area contributed by atoms with E-state index >= 15 is 0 Å².